The summed E-state index contributed by atoms with van der Waals surface area (Å²) in [5, 5.41) is 7.67. The van der Waals surface area contributed by atoms with Crippen LogP contribution in [0.15, 0.2) is 170 Å². The van der Waals surface area contributed by atoms with Gasteiger partial charge in [-0.05, 0) is 86.6 Å². The standard InChI is InChI=1S/C49H34N2/c1-49(2)42-23-8-6-18-36(42)37-27-25-33(30-43(37)49)32-14-10-17-35(29-32)50(34-15-4-3-5-16-34)45-28-26-31-13-11-20-39-41-22-12-21-40-38-19-7-9-24-44(38)51(47(40)41)48(45)46(31)39/h3-30H,1-2H3. The van der Waals surface area contributed by atoms with Crippen LogP contribution in [0.4, 0.5) is 17.1 Å². The summed E-state index contributed by atoms with van der Waals surface area (Å²) in [6.07, 6.45) is 0. The van der Waals surface area contributed by atoms with Gasteiger partial charge in [0.05, 0.1) is 22.2 Å². The third-order valence-electron chi connectivity index (χ3n) is 11.5. The lowest BCUT2D eigenvalue weighted by atomic mass is 9.81. The quantitative estimate of drug-likeness (QED) is 0.136. The average Bonchev–Trinajstić information content (AvgIpc) is 3.64. The Morgan fingerprint density at radius 3 is 2.02 bits per heavy atom. The van der Waals surface area contributed by atoms with E-state index < -0.39 is 0 Å². The number of anilines is 3. The van der Waals surface area contributed by atoms with Crippen LogP contribution in [-0.4, -0.2) is 4.40 Å². The molecule has 0 spiro atoms. The second-order valence-corrected chi connectivity index (χ2v) is 14.5. The maximum Gasteiger partial charge on any atom is 0.0788 e. The molecular weight excluding hydrogens is 617 g/mol. The zero-order valence-electron chi connectivity index (χ0n) is 28.6. The molecule has 1 aliphatic carbocycles. The van der Waals surface area contributed by atoms with Gasteiger partial charge in [-0.1, -0.05) is 141 Å². The van der Waals surface area contributed by atoms with E-state index in [1.165, 1.54) is 82.2 Å². The molecule has 240 valence electrons. The van der Waals surface area contributed by atoms with E-state index in [2.05, 4.69) is 193 Å². The largest absolute Gasteiger partial charge is 0.308 e. The fraction of sp³-hybridized carbons (Fsp3) is 0.0612. The summed E-state index contributed by atoms with van der Waals surface area (Å²) in [6, 6.07) is 62.9. The summed E-state index contributed by atoms with van der Waals surface area (Å²) < 4.78 is 2.53. The number of nitrogens with zero attached hydrogens (tertiary/aromatic N) is 2. The third kappa shape index (κ3) is 3.88. The van der Waals surface area contributed by atoms with Gasteiger partial charge in [-0.2, -0.15) is 0 Å². The number of fused-ring (bicyclic) bond motifs is 8. The first-order valence-corrected chi connectivity index (χ1v) is 17.9. The zero-order chi connectivity index (χ0) is 33.8. The number of benzene rings is 8. The molecule has 1 aliphatic rings. The lowest BCUT2D eigenvalue weighted by molar-refractivity contribution is 0.660. The van der Waals surface area contributed by atoms with Crippen molar-refractivity contribution in [2.45, 2.75) is 19.3 Å². The highest BCUT2D eigenvalue weighted by atomic mass is 15.2. The molecule has 11 rings (SSSR count). The first-order chi connectivity index (χ1) is 25.1. The minimum Gasteiger partial charge on any atom is -0.308 e. The number of para-hydroxylation sites is 3. The van der Waals surface area contributed by atoms with Crippen molar-refractivity contribution in [3.8, 4) is 22.3 Å². The molecule has 0 N–H and O–H groups in total. The molecule has 2 aromatic heterocycles. The number of pyridine rings is 1. The molecule has 0 saturated heterocycles. The zero-order valence-corrected chi connectivity index (χ0v) is 28.6. The van der Waals surface area contributed by atoms with Gasteiger partial charge in [0, 0.05) is 38.3 Å². The molecule has 51 heavy (non-hydrogen) atoms. The lowest BCUT2D eigenvalue weighted by Crippen LogP contribution is -2.15. The van der Waals surface area contributed by atoms with Crippen LogP contribution in [0.25, 0.3) is 71.1 Å². The van der Waals surface area contributed by atoms with Gasteiger partial charge >= 0.3 is 0 Å². The molecule has 2 nitrogen and oxygen atoms in total. The Morgan fingerprint density at radius 1 is 0.451 bits per heavy atom. The maximum atomic E-state index is 2.53. The lowest BCUT2D eigenvalue weighted by Gasteiger charge is -2.28. The SMILES string of the molecule is CC1(C)c2ccccc2-c2ccc(-c3cccc(N(c4ccccc4)c4ccc5cccc6c7cccc8c9ccccc9n(c4c56)c78)c3)cc21. The summed E-state index contributed by atoms with van der Waals surface area (Å²) in [5.41, 5.74) is 15.0. The van der Waals surface area contributed by atoms with E-state index in [-0.39, 0.29) is 5.41 Å². The van der Waals surface area contributed by atoms with Gasteiger partial charge in [0.2, 0.25) is 0 Å². The van der Waals surface area contributed by atoms with Crippen molar-refractivity contribution in [1.29, 1.82) is 0 Å². The molecule has 0 atom stereocenters. The molecule has 0 saturated carbocycles. The number of aromatic nitrogens is 1. The third-order valence-corrected chi connectivity index (χ3v) is 11.5. The van der Waals surface area contributed by atoms with Crippen LogP contribution in [0.5, 0.6) is 0 Å². The van der Waals surface area contributed by atoms with Crippen LogP contribution in [0.2, 0.25) is 0 Å². The van der Waals surface area contributed by atoms with Crippen LogP contribution >= 0.6 is 0 Å². The van der Waals surface area contributed by atoms with Crippen molar-refractivity contribution in [1.82, 2.24) is 4.40 Å². The normalized spacial score (nSPS) is 13.5. The Labute approximate surface area is 296 Å². The van der Waals surface area contributed by atoms with E-state index >= 15 is 0 Å². The molecule has 0 unspecified atom stereocenters. The van der Waals surface area contributed by atoms with Crippen molar-refractivity contribution in [3.05, 3.63) is 181 Å². The van der Waals surface area contributed by atoms with Crippen LogP contribution in [0.1, 0.15) is 25.0 Å². The molecular formula is C49H34N2. The fourth-order valence-corrected chi connectivity index (χ4v) is 9.16. The second-order valence-electron chi connectivity index (χ2n) is 14.5. The Bertz CT molecular complexity index is 3000. The first-order valence-electron chi connectivity index (χ1n) is 17.9. The Hall–Kier alpha value is -6.38. The molecule has 2 heterocycles. The number of hydrogen-bond donors (Lipinski definition) is 0. The van der Waals surface area contributed by atoms with Crippen molar-refractivity contribution in [2.75, 3.05) is 4.90 Å². The highest BCUT2D eigenvalue weighted by Gasteiger charge is 2.35. The number of rotatable bonds is 4. The summed E-state index contributed by atoms with van der Waals surface area (Å²) in [7, 11) is 0. The predicted molar refractivity (Wildman–Crippen MR) is 216 cm³/mol. The minimum absolute atomic E-state index is 0.0533. The monoisotopic (exact) mass is 650 g/mol. The molecule has 8 aromatic carbocycles. The Morgan fingerprint density at radius 2 is 1.12 bits per heavy atom. The van der Waals surface area contributed by atoms with E-state index in [1.807, 2.05) is 0 Å². The average molecular weight is 651 g/mol. The number of hydrogen-bond acceptors (Lipinski definition) is 1. The molecule has 0 amide bonds. The van der Waals surface area contributed by atoms with E-state index in [1.54, 1.807) is 0 Å². The van der Waals surface area contributed by atoms with Crippen molar-refractivity contribution >= 4 is 65.9 Å². The van der Waals surface area contributed by atoms with Crippen LogP contribution in [0, 0.1) is 0 Å². The van der Waals surface area contributed by atoms with E-state index in [9.17, 15) is 0 Å². The molecule has 0 aliphatic heterocycles. The van der Waals surface area contributed by atoms with Crippen molar-refractivity contribution in [2.24, 2.45) is 0 Å². The van der Waals surface area contributed by atoms with Crippen molar-refractivity contribution < 1.29 is 0 Å². The van der Waals surface area contributed by atoms with Gasteiger partial charge in [0.25, 0.3) is 0 Å². The van der Waals surface area contributed by atoms with Gasteiger partial charge in [0.1, 0.15) is 0 Å². The Kier molecular flexibility index (Phi) is 5.76. The molecule has 0 fully saturated rings. The predicted octanol–water partition coefficient (Wildman–Crippen LogP) is 13.4. The highest BCUT2D eigenvalue weighted by Crippen LogP contribution is 2.50. The van der Waals surface area contributed by atoms with Gasteiger partial charge in [-0.15, -0.1) is 0 Å². The molecule has 2 heteroatoms. The summed E-state index contributed by atoms with van der Waals surface area (Å²) in [6.45, 7) is 4.71. The second kappa shape index (κ2) is 10.3. The van der Waals surface area contributed by atoms with Crippen LogP contribution in [0.3, 0.4) is 0 Å². The van der Waals surface area contributed by atoms with Gasteiger partial charge in [0.15, 0.2) is 0 Å². The van der Waals surface area contributed by atoms with Crippen molar-refractivity contribution in [3.63, 3.8) is 0 Å². The van der Waals surface area contributed by atoms with Gasteiger partial charge in [-0.3, -0.25) is 0 Å². The van der Waals surface area contributed by atoms with E-state index in [0.717, 1.165) is 17.1 Å². The fourth-order valence-electron chi connectivity index (χ4n) is 9.16. The summed E-state index contributed by atoms with van der Waals surface area (Å²) in [5.74, 6) is 0. The highest BCUT2D eigenvalue weighted by molar-refractivity contribution is 6.28. The van der Waals surface area contributed by atoms with Gasteiger partial charge < -0.3 is 9.30 Å². The van der Waals surface area contributed by atoms with Crippen LogP contribution < -0.4 is 4.90 Å². The summed E-state index contributed by atoms with van der Waals surface area (Å²) >= 11 is 0. The van der Waals surface area contributed by atoms with Gasteiger partial charge in [-0.25, -0.2) is 0 Å². The minimum atomic E-state index is -0.0533. The Balaban J connectivity index is 1.19. The van der Waals surface area contributed by atoms with E-state index in [0.29, 0.717) is 0 Å². The topological polar surface area (TPSA) is 7.65 Å². The van der Waals surface area contributed by atoms with Crippen LogP contribution in [-0.2, 0) is 5.41 Å². The first kappa shape index (κ1) is 28.5. The smallest absolute Gasteiger partial charge is 0.0788 e. The molecule has 10 aromatic rings. The maximum absolute atomic E-state index is 2.53. The molecule has 0 bridgehead atoms. The van der Waals surface area contributed by atoms with E-state index in [4.69, 9.17) is 0 Å². The molecule has 0 radical (unpaired) electrons. The summed E-state index contributed by atoms with van der Waals surface area (Å²) in [4.78, 5) is 2.46.